The molecule has 8 heteroatoms. The molecular weight excluding hydrogens is 362 g/mol. The summed E-state index contributed by atoms with van der Waals surface area (Å²) in [5.41, 5.74) is 1.07. The number of rotatable bonds is 8. The van der Waals surface area contributed by atoms with Gasteiger partial charge in [0, 0.05) is 24.5 Å². The number of aromatic carboxylic acids is 1. The van der Waals surface area contributed by atoms with Crippen molar-refractivity contribution in [3.63, 3.8) is 0 Å². The molecule has 0 saturated carbocycles. The number of carboxylic acid groups (broad SMARTS) is 1. The molecule has 0 saturated heterocycles. The van der Waals surface area contributed by atoms with E-state index in [1.807, 2.05) is 32.9 Å². The quantitative estimate of drug-likeness (QED) is 0.669. The summed E-state index contributed by atoms with van der Waals surface area (Å²) in [4.78, 5) is 30.9. The van der Waals surface area contributed by atoms with Gasteiger partial charge in [-0.25, -0.2) is 14.6 Å². The molecule has 0 aromatic carbocycles. The summed E-state index contributed by atoms with van der Waals surface area (Å²) in [6.45, 7) is 6.13. The molecule has 0 spiro atoms. The number of carboxylic acids is 1. The second-order valence-electron chi connectivity index (χ2n) is 7.13. The summed E-state index contributed by atoms with van der Waals surface area (Å²) in [6.07, 6.45) is 2.26. The van der Waals surface area contributed by atoms with Crippen LogP contribution < -0.4 is 10.1 Å². The second-order valence-corrected chi connectivity index (χ2v) is 7.13. The summed E-state index contributed by atoms with van der Waals surface area (Å²) in [5, 5.41) is 11.6. The van der Waals surface area contributed by atoms with Crippen LogP contribution in [0, 0.1) is 0 Å². The average Bonchev–Trinajstić information content (AvgIpc) is 2.63. The molecule has 2 rings (SSSR count). The molecule has 0 fully saturated rings. The van der Waals surface area contributed by atoms with Crippen LogP contribution >= 0.6 is 0 Å². The minimum atomic E-state index is -1.02. The van der Waals surface area contributed by atoms with Crippen molar-refractivity contribution in [3.8, 4) is 5.88 Å². The van der Waals surface area contributed by atoms with Gasteiger partial charge in [0.1, 0.15) is 12.2 Å². The number of hydrogen-bond acceptors (Lipinski definition) is 6. The maximum absolute atomic E-state index is 11.6. The van der Waals surface area contributed by atoms with E-state index in [1.54, 1.807) is 12.1 Å². The van der Waals surface area contributed by atoms with Crippen LogP contribution in [0.1, 0.15) is 48.9 Å². The van der Waals surface area contributed by atoms with Crippen LogP contribution in [-0.2, 0) is 17.8 Å². The molecule has 0 unspecified atom stereocenters. The van der Waals surface area contributed by atoms with Crippen molar-refractivity contribution >= 4 is 12.1 Å². The predicted octanol–water partition coefficient (Wildman–Crippen LogP) is 3.21. The van der Waals surface area contributed by atoms with E-state index in [-0.39, 0.29) is 12.2 Å². The van der Waals surface area contributed by atoms with Crippen LogP contribution in [0.3, 0.4) is 0 Å². The third-order valence-electron chi connectivity index (χ3n) is 3.50. The zero-order valence-corrected chi connectivity index (χ0v) is 16.3. The predicted molar refractivity (Wildman–Crippen MR) is 102 cm³/mol. The lowest BCUT2D eigenvalue weighted by Gasteiger charge is -2.19. The fraction of sp³-hybridized carbons (Fsp3) is 0.400. The number of amides is 1. The topological polar surface area (TPSA) is 111 Å². The molecule has 2 aromatic rings. The Morgan fingerprint density at radius 3 is 2.57 bits per heavy atom. The number of aromatic nitrogens is 2. The number of ether oxygens (including phenoxy) is 2. The zero-order chi connectivity index (χ0) is 20.6. The third kappa shape index (κ3) is 7.61. The molecule has 2 heterocycles. The van der Waals surface area contributed by atoms with Crippen molar-refractivity contribution in [1.29, 1.82) is 0 Å². The van der Waals surface area contributed by atoms with Gasteiger partial charge >= 0.3 is 12.1 Å². The lowest BCUT2D eigenvalue weighted by Crippen LogP contribution is -2.33. The number of carbonyl (C=O) groups is 2. The molecule has 2 aromatic heterocycles. The number of nitrogens with one attached hydrogen (secondary N) is 1. The summed E-state index contributed by atoms with van der Waals surface area (Å²) in [5.74, 6) is -0.558. The minimum absolute atomic E-state index is 0.129. The molecule has 0 atom stereocenters. The van der Waals surface area contributed by atoms with E-state index in [9.17, 15) is 9.59 Å². The van der Waals surface area contributed by atoms with Gasteiger partial charge in [0.15, 0.2) is 0 Å². The minimum Gasteiger partial charge on any atom is -0.478 e. The Labute approximate surface area is 163 Å². The average molecular weight is 387 g/mol. The molecule has 0 aliphatic carbocycles. The van der Waals surface area contributed by atoms with Gasteiger partial charge in [-0.1, -0.05) is 6.07 Å². The van der Waals surface area contributed by atoms with Crippen LogP contribution in [0.4, 0.5) is 4.79 Å². The van der Waals surface area contributed by atoms with Crippen molar-refractivity contribution in [2.45, 2.75) is 45.8 Å². The Morgan fingerprint density at radius 2 is 1.93 bits per heavy atom. The Morgan fingerprint density at radius 1 is 1.14 bits per heavy atom. The van der Waals surface area contributed by atoms with Crippen molar-refractivity contribution in [1.82, 2.24) is 15.3 Å². The van der Waals surface area contributed by atoms with E-state index in [4.69, 9.17) is 14.6 Å². The fourth-order valence-electron chi connectivity index (χ4n) is 2.24. The zero-order valence-electron chi connectivity index (χ0n) is 16.3. The Hall–Kier alpha value is -3.16. The van der Waals surface area contributed by atoms with E-state index in [0.29, 0.717) is 31.0 Å². The molecule has 8 nitrogen and oxygen atoms in total. The molecule has 1 amide bonds. The van der Waals surface area contributed by atoms with E-state index < -0.39 is 17.7 Å². The van der Waals surface area contributed by atoms with Gasteiger partial charge < -0.3 is 19.9 Å². The number of hydrogen-bond donors (Lipinski definition) is 2. The maximum atomic E-state index is 11.6. The van der Waals surface area contributed by atoms with Crippen molar-refractivity contribution < 1.29 is 24.2 Å². The molecule has 0 bridgehead atoms. The molecule has 0 aliphatic rings. The van der Waals surface area contributed by atoms with Gasteiger partial charge in [0.25, 0.3) is 0 Å². The number of carbonyl (C=O) groups excluding carboxylic acids is 1. The van der Waals surface area contributed by atoms with Gasteiger partial charge in [-0.05, 0) is 51.8 Å². The van der Waals surface area contributed by atoms with Gasteiger partial charge in [-0.15, -0.1) is 0 Å². The lowest BCUT2D eigenvalue weighted by molar-refractivity contribution is 0.0526. The van der Waals surface area contributed by atoms with E-state index >= 15 is 0 Å². The number of pyridine rings is 2. The first kappa shape index (κ1) is 21.1. The van der Waals surface area contributed by atoms with Gasteiger partial charge in [-0.3, -0.25) is 4.98 Å². The molecule has 0 aliphatic heterocycles. The van der Waals surface area contributed by atoms with Crippen LogP contribution in [0.5, 0.6) is 5.88 Å². The normalized spacial score (nSPS) is 11.0. The van der Waals surface area contributed by atoms with Crippen LogP contribution in [0.2, 0.25) is 0 Å². The fourth-order valence-corrected chi connectivity index (χ4v) is 2.24. The highest BCUT2D eigenvalue weighted by molar-refractivity contribution is 5.87. The van der Waals surface area contributed by atoms with E-state index in [1.165, 1.54) is 12.3 Å². The largest absolute Gasteiger partial charge is 0.478 e. The Bertz CT molecular complexity index is 800. The summed E-state index contributed by atoms with van der Waals surface area (Å²) in [6, 6.07) is 8.57. The van der Waals surface area contributed by atoms with Crippen molar-refractivity contribution in [2.75, 3.05) is 6.54 Å². The third-order valence-corrected chi connectivity index (χ3v) is 3.50. The first-order chi connectivity index (χ1) is 13.2. The maximum Gasteiger partial charge on any atom is 0.407 e. The van der Waals surface area contributed by atoms with Crippen LogP contribution in [0.25, 0.3) is 0 Å². The molecule has 0 radical (unpaired) electrons. The monoisotopic (exact) mass is 387 g/mol. The van der Waals surface area contributed by atoms with Gasteiger partial charge in [-0.2, -0.15) is 0 Å². The molecular formula is C20H25N3O5. The first-order valence-corrected chi connectivity index (χ1v) is 8.97. The number of nitrogens with zero attached hydrogens (tertiary/aromatic N) is 2. The molecule has 28 heavy (non-hydrogen) atoms. The van der Waals surface area contributed by atoms with Gasteiger partial charge in [0.05, 0.1) is 11.3 Å². The number of aryl methyl sites for hydroxylation is 1. The highest BCUT2D eigenvalue weighted by atomic mass is 16.6. The summed E-state index contributed by atoms with van der Waals surface area (Å²) in [7, 11) is 0. The summed E-state index contributed by atoms with van der Waals surface area (Å²) >= 11 is 0. The van der Waals surface area contributed by atoms with E-state index in [2.05, 4.69) is 15.3 Å². The highest BCUT2D eigenvalue weighted by Crippen LogP contribution is 2.12. The van der Waals surface area contributed by atoms with E-state index in [0.717, 1.165) is 5.69 Å². The van der Waals surface area contributed by atoms with Gasteiger partial charge in [0.2, 0.25) is 5.88 Å². The lowest BCUT2D eigenvalue weighted by atomic mass is 10.2. The smallest absolute Gasteiger partial charge is 0.407 e. The SMILES string of the molecule is CC(C)(C)OC(=O)NCCCc1cccc(OCc2ccc(C(=O)O)cn2)n1. The Kier molecular flexibility index (Phi) is 7.31. The first-order valence-electron chi connectivity index (χ1n) is 8.97. The highest BCUT2D eigenvalue weighted by Gasteiger charge is 2.15. The van der Waals surface area contributed by atoms with Crippen LogP contribution in [0.15, 0.2) is 36.5 Å². The standard InChI is InChI=1S/C20H25N3O5/c1-20(2,3)28-19(26)21-11-5-7-15-6-4-8-17(23-15)27-13-16-10-9-14(12-22-16)18(24)25/h4,6,8-10,12H,5,7,11,13H2,1-3H3,(H,21,26)(H,24,25). The summed E-state index contributed by atoms with van der Waals surface area (Å²) < 4.78 is 10.8. The van der Waals surface area contributed by atoms with Crippen LogP contribution in [-0.4, -0.2) is 39.3 Å². The molecule has 150 valence electrons. The second kappa shape index (κ2) is 9.68. The van der Waals surface area contributed by atoms with Crippen molar-refractivity contribution in [3.05, 3.63) is 53.5 Å². The molecule has 2 N–H and O–H groups in total. The number of alkyl carbamates (subject to hydrolysis) is 1. The van der Waals surface area contributed by atoms with Crippen molar-refractivity contribution in [2.24, 2.45) is 0 Å². The Balaban J connectivity index is 1.77.